The molecule has 9 nitrogen and oxygen atoms in total. The largest absolute Gasteiger partial charge is 0.379 e. The number of anilines is 1. The molecule has 164 valence electrons. The molecule has 1 aliphatic rings. The summed E-state index contributed by atoms with van der Waals surface area (Å²) in [4.78, 5) is 27.2. The number of hydrogen-bond donors (Lipinski definition) is 2. The number of ether oxygens (including phenoxy) is 1. The fourth-order valence-corrected chi connectivity index (χ4v) is 3.74. The third-order valence-electron chi connectivity index (χ3n) is 5.55. The van der Waals surface area contributed by atoms with E-state index in [1.807, 2.05) is 30.3 Å². The van der Waals surface area contributed by atoms with E-state index in [9.17, 15) is 9.59 Å². The first kappa shape index (κ1) is 21.1. The zero-order valence-corrected chi connectivity index (χ0v) is 17.9. The molecule has 0 aliphatic carbocycles. The van der Waals surface area contributed by atoms with E-state index in [1.165, 1.54) is 9.08 Å². The number of nitrogens with zero attached hydrogens (tertiary/aromatic N) is 4. The first-order valence-corrected chi connectivity index (χ1v) is 10.4. The summed E-state index contributed by atoms with van der Waals surface area (Å²) < 4.78 is 8.33. The predicted molar refractivity (Wildman–Crippen MR) is 118 cm³/mol. The van der Waals surface area contributed by atoms with Crippen LogP contribution in [-0.2, 0) is 11.3 Å². The lowest BCUT2D eigenvalue weighted by molar-refractivity contribution is -0.00863. The molecule has 9 heteroatoms. The monoisotopic (exact) mass is 424 g/mol. The Morgan fingerprint density at radius 1 is 1.16 bits per heavy atom. The number of carbonyl (C=O) groups excluding carboxylic acids is 1. The maximum Gasteiger partial charge on any atom is 0.350 e. The molecule has 1 saturated heterocycles. The Bertz CT molecular complexity index is 1110. The number of carbonyl (C=O) groups is 1. The van der Waals surface area contributed by atoms with Gasteiger partial charge in [-0.2, -0.15) is 0 Å². The van der Waals surface area contributed by atoms with Crippen molar-refractivity contribution in [2.45, 2.75) is 25.9 Å². The van der Waals surface area contributed by atoms with Gasteiger partial charge in [0, 0.05) is 37.1 Å². The third-order valence-corrected chi connectivity index (χ3v) is 5.55. The van der Waals surface area contributed by atoms with Crippen LogP contribution in [0.4, 0.5) is 10.5 Å². The van der Waals surface area contributed by atoms with Gasteiger partial charge < -0.3 is 15.4 Å². The number of hydrogen-bond acceptors (Lipinski definition) is 5. The molecule has 2 aromatic heterocycles. The molecule has 2 amide bonds. The first-order chi connectivity index (χ1) is 14.9. The highest BCUT2D eigenvalue weighted by molar-refractivity contribution is 5.89. The van der Waals surface area contributed by atoms with Crippen molar-refractivity contribution in [3.63, 3.8) is 0 Å². The zero-order valence-electron chi connectivity index (χ0n) is 17.9. The molecule has 0 saturated carbocycles. The van der Waals surface area contributed by atoms with Crippen LogP contribution in [0.1, 0.15) is 19.4 Å². The third kappa shape index (κ3) is 4.95. The van der Waals surface area contributed by atoms with E-state index >= 15 is 0 Å². The Kier molecular flexibility index (Phi) is 6.06. The summed E-state index contributed by atoms with van der Waals surface area (Å²) in [6, 6.07) is 12.6. The molecular formula is C22H28N6O3. The minimum atomic E-state index is -0.261. The van der Waals surface area contributed by atoms with Crippen molar-refractivity contribution in [1.29, 1.82) is 0 Å². The maximum absolute atomic E-state index is 12.5. The Morgan fingerprint density at radius 2 is 1.97 bits per heavy atom. The van der Waals surface area contributed by atoms with Gasteiger partial charge in [-0.05, 0) is 43.7 Å². The highest BCUT2D eigenvalue weighted by atomic mass is 16.5. The summed E-state index contributed by atoms with van der Waals surface area (Å²) in [5, 5.41) is 10.2. The minimum absolute atomic E-state index is 0.159. The lowest BCUT2D eigenvalue weighted by Crippen LogP contribution is -2.55. The summed E-state index contributed by atoms with van der Waals surface area (Å²) in [5.74, 6) is 0. The second kappa shape index (κ2) is 8.91. The van der Waals surface area contributed by atoms with Gasteiger partial charge in [0.15, 0.2) is 5.65 Å². The van der Waals surface area contributed by atoms with E-state index in [1.54, 1.807) is 18.3 Å². The minimum Gasteiger partial charge on any atom is -0.379 e. The maximum atomic E-state index is 12.5. The number of fused-ring (bicyclic) bond motifs is 1. The van der Waals surface area contributed by atoms with Crippen molar-refractivity contribution in [1.82, 2.24) is 24.4 Å². The number of amides is 2. The normalized spacial score (nSPS) is 15.2. The van der Waals surface area contributed by atoms with Crippen LogP contribution in [0, 0.1) is 0 Å². The van der Waals surface area contributed by atoms with Crippen molar-refractivity contribution < 1.29 is 9.53 Å². The summed E-state index contributed by atoms with van der Waals surface area (Å²) in [5.41, 5.74) is 1.78. The van der Waals surface area contributed by atoms with Gasteiger partial charge in [0.1, 0.15) is 0 Å². The summed E-state index contributed by atoms with van der Waals surface area (Å²) >= 11 is 0. The standard InChI is InChI=1S/C22H28N6O3/c1-22(2,26-10-12-31-13-11-26)16-23-20(29)24-18-7-5-6-17(14-18)15-28-21(30)27-9-4-3-8-19(27)25-28/h3-9,14H,10-13,15-16H2,1-2H3,(H2,23,24,29). The van der Waals surface area contributed by atoms with Gasteiger partial charge in [-0.3, -0.25) is 9.30 Å². The molecule has 4 rings (SSSR count). The molecule has 31 heavy (non-hydrogen) atoms. The molecular weight excluding hydrogens is 396 g/mol. The number of benzene rings is 1. The number of aromatic nitrogens is 3. The van der Waals surface area contributed by atoms with Gasteiger partial charge in [-0.15, -0.1) is 5.10 Å². The van der Waals surface area contributed by atoms with E-state index in [-0.39, 0.29) is 17.3 Å². The Hall–Kier alpha value is -3.17. The highest BCUT2D eigenvalue weighted by Crippen LogP contribution is 2.16. The highest BCUT2D eigenvalue weighted by Gasteiger charge is 2.28. The predicted octanol–water partition coefficient (Wildman–Crippen LogP) is 1.78. The average Bonchev–Trinajstić information content (AvgIpc) is 3.09. The fraction of sp³-hybridized carbons (Fsp3) is 0.409. The van der Waals surface area contributed by atoms with Crippen LogP contribution in [-0.4, -0.2) is 63.5 Å². The van der Waals surface area contributed by atoms with Gasteiger partial charge in [-0.25, -0.2) is 14.3 Å². The number of morpholine rings is 1. The van der Waals surface area contributed by atoms with Crippen molar-refractivity contribution >= 4 is 17.4 Å². The summed E-state index contributed by atoms with van der Waals surface area (Å²) in [6.45, 7) is 8.24. The second-order valence-electron chi connectivity index (χ2n) is 8.29. The number of pyridine rings is 1. The quantitative estimate of drug-likeness (QED) is 0.629. The Balaban J connectivity index is 1.37. The van der Waals surface area contributed by atoms with E-state index in [2.05, 4.69) is 34.5 Å². The van der Waals surface area contributed by atoms with Crippen molar-refractivity contribution in [3.05, 3.63) is 64.7 Å². The second-order valence-corrected chi connectivity index (χ2v) is 8.29. The van der Waals surface area contributed by atoms with Crippen LogP contribution in [0.3, 0.4) is 0 Å². The fourth-order valence-electron chi connectivity index (χ4n) is 3.74. The van der Waals surface area contributed by atoms with Crippen molar-refractivity contribution in [2.24, 2.45) is 0 Å². The SMILES string of the molecule is CC(C)(CNC(=O)Nc1cccc(Cn2nc3ccccn3c2=O)c1)N1CCOCC1. The van der Waals surface area contributed by atoms with E-state index < -0.39 is 0 Å². The number of nitrogens with one attached hydrogen (secondary N) is 2. The Labute approximate surface area is 180 Å². The topological polar surface area (TPSA) is 92.9 Å². The molecule has 2 N–H and O–H groups in total. The average molecular weight is 425 g/mol. The molecule has 0 radical (unpaired) electrons. The van der Waals surface area contributed by atoms with Crippen LogP contribution in [0.15, 0.2) is 53.5 Å². The lowest BCUT2D eigenvalue weighted by atomic mass is 10.0. The molecule has 1 fully saturated rings. The molecule has 0 bridgehead atoms. The zero-order chi connectivity index (χ0) is 21.8. The number of urea groups is 1. The van der Waals surface area contributed by atoms with E-state index in [0.717, 1.165) is 31.9 Å². The number of rotatable bonds is 6. The van der Waals surface area contributed by atoms with Crippen LogP contribution in [0.2, 0.25) is 0 Å². The van der Waals surface area contributed by atoms with Gasteiger partial charge in [-0.1, -0.05) is 18.2 Å². The molecule has 3 heterocycles. The molecule has 1 aliphatic heterocycles. The van der Waals surface area contributed by atoms with Crippen LogP contribution in [0.25, 0.3) is 5.65 Å². The van der Waals surface area contributed by atoms with Crippen LogP contribution >= 0.6 is 0 Å². The van der Waals surface area contributed by atoms with Crippen molar-refractivity contribution in [2.75, 3.05) is 38.2 Å². The molecule has 3 aromatic rings. The molecule has 0 unspecified atom stereocenters. The van der Waals surface area contributed by atoms with Gasteiger partial charge in [0.2, 0.25) is 0 Å². The smallest absolute Gasteiger partial charge is 0.350 e. The van der Waals surface area contributed by atoms with Crippen LogP contribution in [0.5, 0.6) is 0 Å². The van der Waals surface area contributed by atoms with Crippen LogP contribution < -0.4 is 16.3 Å². The Morgan fingerprint density at radius 3 is 2.74 bits per heavy atom. The summed E-state index contributed by atoms with van der Waals surface area (Å²) in [6.07, 6.45) is 1.70. The van der Waals surface area contributed by atoms with Gasteiger partial charge in [0.25, 0.3) is 0 Å². The lowest BCUT2D eigenvalue weighted by Gasteiger charge is -2.40. The van der Waals surface area contributed by atoms with Gasteiger partial charge in [0.05, 0.1) is 19.8 Å². The molecule has 0 atom stereocenters. The first-order valence-electron chi connectivity index (χ1n) is 10.4. The molecule has 0 spiro atoms. The van der Waals surface area contributed by atoms with Crippen molar-refractivity contribution in [3.8, 4) is 0 Å². The molecule has 1 aromatic carbocycles. The van der Waals surface area contributed by atoms with E-state index in [4.69, 9.17) is 4.74 Å². The van der Waals surface area contributed by atoms with Gasteiger partial charge >= 0.3 is 11.7 Å². The summed E-state index contributed by atoms with van der Waals surface area (Å²) in [7, 11) is 0. The van der Waals surface area contributed by atoms with E-state index in [0.29, 0.717) is 24.4 Å².